The van der Waals surface area contributed by atoms with Gasteiger partial charge in [-0.1, -0.05) is 0 Å². The fourth-order valence-electron chi connectivity index (χ4n) is 1.62. The van der Waals surface area contributed by atoms with Gasteiger partial charge in [-0.05, 0) is 17.7 Å². The van der Waals surface area contributed by atoms with Gasteiger partial charge in [-0.2, -0.15) is 0 Å². The van der Waals surface area contributed by atoms with Gasteiger partial charge in [0.2, 0.25) is 5.91 Å². The molecule has 108 valence electrons. The van der Waals surface area contributed by atoms with Gasteiger partial charge in [0, 0.05) is 46.8 Å². The molecule has 1 N–H and O–H groups in total. The highest BCUT2D eigenvalue weighted by molar-refractivity contribution is 9.10. The van der Waals surface area contributed by atoms with Crippen LogP contribution in [0.4, 0.5) is 5.69 Å². The van der Waals surface area contributed by atoms with Gasteiger partial charge in [0.05, 0.1) is 4.92 Å². The average Bonchev–Trinajstić information content (AvgIpc) is 2.35. The molecule has 1 aromatic carbocycles. The largest absolute Gasteiger partial charge is 0.342 e. The number of nitro groups is 2. The summed E-state index contributed by atoms with van der Waals surface area (Å²) in [6, 6.07) is 4.25. The number of hydrogen-bond acceptors (Lipinski definition) is 5. The van der Waals surface area contributed by atoms with Crippen molar-refractivity contribution in [2.75, 3.05) is 0 Å². The van der Waals surface area contributed by atoms with E-state index in [9.17, 15) is 25.0 Å². The van der Waals surface area contributed by atoms with Crippen molar-refractivity contribution in [2.45, 2.75) is 24.3 Å². The van der Waals surface area contributed by atoms with Crippen molar-refractivity contribution in [3.8, 4) is 0 Å². The Balaban J connectivity index is 3.20. The lowest BCUT2D eigenvalue weighted by atomic mass is 10.00. The summed E-state index contributed by atoms with van der Waals surface area (Å²) in [6.45, 7) is 2.54. The SMILES string of the molecule is CC(=O)NC(c1ccc([N+](=O)[O-])cc1)C(C)(Br)[N+](=O)[O-]. The molecule has 1 aromatic rings. The third-order valence-electron chi connectivity index (χ3n) is 2.67. The molecule has 0 saturated heterocycles. The van der Waals surface area contributed by atoms with Crippen LogP contribution in [0.3, 0.4) is 0 Å². The predicted molar refractivity (Wildman–Crippen MR) is 74.0 cm³/mol. The maximum absolute atomic E-state index is 11.2. The summed E-state index contributed by atoms with van der Waals surface area (Å²) in [5.74, 6) is -0.444. The van der Waals surface area contributed by atoms with Crippen molar-refractivity contribution >= 4 is 27.5 Å². The van der Waals surface area contributed by atoms with Crippen molar-refractivity contribution < 1.29 is 14.6 Å². The molecule has 1 amide bonds. The minimum Gasteiger partial charge on any atom is -0.342 e. The molecule has 2 atom stereocenters. The van der Waals surface area contributed by atoms with E-state index >= 15 is 0 Å². The molecule has 0 aromatic heterocycles. The van der Waals surface area contributed by atoms with E-state index in [1.165, 1.54) is 38.1 Å². The van der Waals surface area contributed by atoms with Crippen LogP contribution in [0.1, 0.15) is 25.5 Å². The van der Waals surface area contributed by atoms with Gasteiger partial charge >= 0.3 is 0 Å². The summed E-state index contributed by atoms with van der Waals surface area (Å²) in [6.07, 6.45) is 0. The summed E-state index contributed by atoms with van der Waals surface area (Å²) in [5.41, 5.74) is 0.259. The molecule has 0 radical (unpaired) electrons. The number of hydrogen-bond donors (Lipinski definition) is 1. The quantitative estimate of drug-likeness (QED) is 0.380. The average molecular weight is 346 g/mol. The topological polar surface area (TPSA) is 115 Å². The molecule has 0 aliphatic rings. The minimum atomic E-state index is -1.63. The van der Waals surface area contributed by atoms with Gasteiger partial charge in [0.1, 0.15) is 6.04 Å². The molecular formula is C11H12BrN3O5. The van der Waals surface area contributed by atoms with Crippen LogP contribution in [0, 0.1) is 20.2 Å². The number of carbonyl (C=O) groups is 1. The number of halogens is 1. The van der Waals surface area contributed by atoms with Crippen molar-refractivity contribution in [1.29, 1.82) is 0 Å². The molecule has 0 fully saturated rings. The normalized spacial score (nSPS) is 14.9. The summed E-state index contributed by atoms with van der Waals surface area (Å²) in [5, 5.41) is 24.1. The Labute approximate surface area is 122 Å². The lowest BCUT2D eigenvalue weighted by molar-refractivity contribution is -0.536. The fraction of sp³-hybridized carbons (Fsp3) is 0.364. The molecule has 9 heteroatoms. The zero-order chi connectivity index (χ0) is 15.5. The molecule has 0 bridgehead atoms. The Bertz CT molecular complexity index is 543. The Morgan fingerprint density at radius 3 is 2.15 bits per heavy atom. The summed E-state index contributed by atoms with van der Waals surface area (Å²) in [7, 11) is 0. The van der Waals surface area contributed by atoms with E-state index in [1.807, 2.05) is 0 Å². The van der Waals surface area contributed by atoms with Crippen LogP contribution in [0.5, 0.6) is 0 Å². The van der Waals surface area contributed by atoms with Crippen molar-refractivity contribution in [3.63, 3.8) is 0 Å². The van der Waals surface area contributed by atoms with Crippen LogP contribution in [0.15, 0.2) is 24.3 Å². The smallest absolute Gasteiger partial charge is 0.295 e. The van der Waals surface area contributed by atoms with Crippen LogP contribution in [-0.2, 0) is 4.79 Å². The third-order valence-corrected chi connectivity index (χ3v) is 3.42. The van der Waals surface area contributed by atoms with Crippen LogP contribution in [0.25, 0.3) is 0 Å². The van der Waals surface area contributed by atoms with Gasteiger partial charge in [0.15, 0.2) is 0 Å². The first-order valence-electron chi connectivity index (χ1n) is 5.51. The van der Waals surface area contributed by atoms with Crippen molar-refractivity contribution in [1.82, 2.24) is 5.32 Å². The van der Waals surface area contributed by atoms with Crippen molar-refractivity contribution in [3.05, 3.63) is 50.1 Å². The second-order valence-electron chi connectivity index (χ2n) is 4.26. The monoisotopic (exact) mass is 345 g/mol. The third kappa shape index (κ3) is 3.50. The van der Waals surface area contributed by atoms with E-state index in [1.54, 1.807) is 0 Å². The van der Waals surface area contributed by atoms with E-state index in [4.69, 9.17) is 0 Å². The van der Waals surface area contributed by atoms with Gasteiger partial charge in [0.25, 0.3) is 10.1 Å². The number of carbonyl (C=O) groups excluding carboxylic acids is 1. The molecule has 0 heterocycles. The van der Waals surface area contributed by atoms with E-state index in [0.717, 1.165) is 0 Å². The highest BCUT2D eigenvalue weighted by Gasteiger charge is 2.44. The van der Waals surface area contributed by atoms with E-state index < -0.39 is 26.2 Å². The first-order valence-corrected chi connectivity index (χ1v) is 6.30. The molecule has 20 heavy (non-hydrogen) atoms. The number of non-ortho nitro benzene ring substituents is 1. The predicted octanol–water partition coefficient (Wildman–Crippen LogP) is 2.16. The van der Waals surface area contributed by atoms with Gasteiger partial charge in [-0.25, -0.2) is 0 Å². The number of alkyl halides is 1. The number of nitrogens with one attached hydrogen (secondary N) is 1. The minimum absolute atomic E-state index is 0.132. The number of rotatable bonds is 5. The molecule has 0 saturated carbocycles. The van der Waals surface area contributed by atoms with Crippen LogP contribution >= 0.6 is 15.9 Å². The van der Waals surface area contributed by atoms with Gasteiger partial charge in [-0.3, -0.25) is 25.0 Å². The first-order chi connectivity index (χ1) is 9.16. The first kappa shape index (κ1) is 16.0. The summed E-state index contributed by atoms with van der Waals surface area (Å²) in [4.78, 5) is 31.7. The number of amides is 1. The van der Waals surface area contributed by atoms with Gasteiger partial charge < -0.3 is 5.32 Å². The second kappa shape index (κ2) is 5.95. The lowest BCUT2D eigenvalue weighted by Crippen LogP contribution is -2.44. The Hall–Kier alpha value is -2.03. The van der Waals surface area contributed by atoms with Crippen LogP contribution < -0.4 is 5.32 Å². The molecule has 0 spiro atoms. The van der Waals surface area contributed by atoms with Crippen LogP contribution in [0.2, 0.25) is 0 Å². The molecule has 8 nitrogen and oxygen atoms in total. The Morgan fingerprint density at radius 2 is 1.80 bits per heavy atom. The lowest BCUT2D eigenvalue weighted by Gasteiger charge is -2.25. The molecule has 1 rings (SSSR count). The number of benzene rings is 1. The summed E-state index contributed by atoms with van der Waals surface area (Å²) < 4.78 is -1.63. The molecule has 2 unspecified atom stereocenters. The van der Waals surface area contributed by atoms with E-state index in [0.29, 0.717) is 5.56 Å². The highest BCUT2D eigenvalue weighted by atomic mass is 79.9. The molecular weight excluding hydrogens is 334 g/mol. The summed E-state index contributed by atoms with van der Waals surface area (Å²) >= 11 is 2.98. The zero-order valence-corrected chi connectivity index (χ0v) is 12.3. The standard InChI is InChI=1S/C11H12BrN3O5/c1-7(16)13-10(11(2,12)15(19)20)8-3-5-9(6-4-8)14(17)18/h3-6,10H,1-2H3,(H,13,16). The van der Waals surface area contributed by atoms with Crippen molar-refractivity contribution in [2.24, 2.45) is 0 Å². The molecule has 0 aliphatic carbocycles. The van der Waals surface area contributed by atoms with E-state index in [-0.39, 0.29) is 5.69 Å². The highest BCUT2D eigenvalue weighted by Crippen LogP contribution is 2.34. The Morgan fingerprint density at radius 1 is 1.30 bits per heavy atom. The van der Waals surface area contributed by atoms with E-state index in [2.05, 4.69) is 21.2 Å². The zero-order valence-electron chi connectivity index (χ0n) is 10.7. The van der Waals surface area contributed by atoms with Crippen LogP contribution in [-0.4, -0.2) is 20.2 Å². The number of nitrogens with zero attached hydrogens (tertiary/aromatic N) is 2. The fourth-order valence-corrected chi connectivity index (χ4v) is 2.00. The Kier molecular flexibility index (Phi) is 4.77. The maximum atomic E-state index is 11.2. The van der Waals surface area contributed by atoms with Gasteiger partial charge in [-0.15, -0.1) is 0 Å². The number of nitro benzene ring substituents is 1. The molecule has 0 aliphatic heterocycles. The second-order valence-corrected chi connectivity index (χ2v) is 5.87. The maximum Gasteiger partial charge on any atom is 0.295 e.